The first-order chi connectivity index (χ1) is 7.65. The smallest absolute Gasteiger partial charge is 0.218 e. The third kappa shape index (κ3) is 4.33. The van der Waals surface area contributed by atoms with Gasteiger partial charge in [-0.2, -0.15) is 4.98 Å². The molecule has 0 N–H and O–H groups in total. The van der Waals surface area contributed by atoms with Crippen LogP contribution in [0.1, 0.15) is 32.5 Å². The Hall–Kier alpha value is -0.870. The highest BCUT2D eigenvalue weighted by atomic mass is 35.5. The summed E-state index contributed by atoms with van der Waals surface area (Å²) in [4.78, 5) is 8.23. The SMILES string of the molecule is CCCC(C)Oc1cc(Cl)nc(COC)n1. The minimum Gasteiger partial charge on any atom is -0.475 e. The molecule has 1 heterocycles. The molecular weight excluding hydrogens is 228 g/mol. The van der Waals surface area contributed by atoms with Crippen molar-refractivity contribution in [2.45, 2.75) is 39.4 Å². The van der Waals surface area contributed by atoms with Crippen molar-refractivity contribution in [2.24, 2.45) is 0 Å². The van der Waals surface area contributed by atoms with E-state index in [1.807, 2.05) is 6.92 Å². The van der Waals surface area contributed by atoms with E-state index in [1.165, 1.54) is 0 Å². The summed E-state index contributed by atoms with van der Waals surface area (Å²) in [7, 11) is 1.59. The maximum atomic E-state index is 5.86. The van der Waals surface area contributed by atoms with Crippen LogP contribution in [0.4, 0.5) is 0 Å². The van der Waals surface area contributed by atoms with Gasteiger partial charge in [-0.05, 0) is 13.3 Å². The summed E-state index contributed by atoms with van der Waals surface area (Å²) >= 11 is 5.86. The Morgan fingerprint density at radius 1 is 1.44 bits per heavy atom. The summed E-state index contributed by atoms with van der Waals surface area (Å²) in [6, 6.07) is 1.62. The zero-order valence-electron chi connectivity index (χ0n) is 9.86. The molecule has 0 amide bonds. The van der Waals surface area contributed by atoms with Crippen molar-refractivity contribution >= 4 is 11.6 Å². The van der Waals surface area contributed by atoms with E-state index in [2.05, 4.69) is 16.9 Å². The van der Waals surface area contributed by atoms with Crippen LogP contribution < -0.4 is 4.74 Å². The summed E-state index contributed by atoms with van der Waals surface area (Å²) in [5.74, 6) is 1.04. The topological polar surface area (TPSA) is 44.2 Å². The molecule has 0 saturated heterocycles. The summed E-state index contributed by atoms with van der Waals surface area (Å²) in [6.07, 6.45) is 2.19. The molecule has 0 aliphatic heterocycles. The molecule has 1 atom stereocenters. The number of methoxy groups -OCH3 is 1. The van der Waals surface area contributed by atoms with Crippen LogP contribution in [-0.2, 0) is 11.3 Å². The Morgan fingerprint density at radius 3 is 2.81 bits per heavy atom. The van der Waals surface area contributed by atoms with Crippen molar-refractivity contribution in [2.75, 3.05) is 7.11 Å². The predicted octanol–water partition coefficient (Wildman–Crippen LogP) is 2.84. The van der Waals surface area contributed by atoms with Gasteiger partial charge in [-0.3, -0.25) is 0 Å². The molecule has 0 bridgehead atoms. The molecule has 1 rings (SSSR count). The number of hydrogen-bond acceptors (Lipinski definition) is 4. The second-order valence-electron chi connectivity index (χ2n) is 3.60. The molecule has 0 spiro atoms. The molecule has 0 radical (unpaired) electrons. The van der Waals surface area contributed by atoms with E-state index in [9.17, 15) is 0 Å². The summed E-state index contributed by atoms with van der Waals surface area (Å²) in [5, 5.41) is 0.376. The quantitative estimate of drug-likeness (QED) is 0.722. The van der Waals surface area contributed by atoms with E-state index in [0.717, 1.165) is 12.8 Å². The normalized spacial score (nSPS) is 12.5. The van der Waals surface area contributed by atoms with Gasteiger partial charge in [0.25, 0.3) is 0 Å². The van der Waals surface area contributed by atoms with Crippen LogP contribution in [0.3, 0.4) is 0 Å². The van der Waals surface area contributed by atoms with E-state index < -0.39 is 0 Å². The summed E-state index contributed by atoms with van der Waals surface area (Å²) in [6.45, 7) is 4.46. The first-order valence-electron chi connectivity index (χ1n) is 5.34. The maximum Gasteiger partial charge on any atom is 0.218 e. The number of hydrogen-bond donors (Lipinski definition) is 0. The molecule has 1 aromatic heterocycles. The van der Waals surface area contributed by atoms with Crippen LogP contribution in [0.2, 0.25) is 5.15 Å². The third-order valence-corrected chi connectivity index (χ3v) is 2.20. The van der Waals surface area contributed by atoms with E-state index in [4.69, 9.17) is 21.1 Å². The van der Waals surface area contributed by atoms with Crippen LogP contribution in [0, 0.1) is 0 Å². The molecule has 1 aromatic rings. The van der Waals surface area contributed by atoms with Gasteiger partial charge in [-0.1, -0.05) is 24.9 Å². The largest absolute Gasteiger partial charge is 0.475 e. The fourth-order valence-electron chi connectivity index (χ4n) is 1.37. The highest BCUT2D eigenvalue weighted by Crippen LogP contribution is 2.16. The van der Waals surface area contributed by atoms with Gasteiger partial charge in [-0.25, -0.2) is 4.98 Å². The molecule has 4 nitrogen and oxygen atoms in total. The second-order valence-corrected chi connectivity index (χ2v) is 3.98. The van der Waals surface area contributed by atoms with Gasteiger partial charge in [0.1, 0.15) is 11.8 Å². The number of ether oxygens (including phenoxy) is 2. The van der Waals surface area contributed by atoms with Gasteiger partial charge < -0.3 is 9.47 Å². The Balaban J connectivity index is 2.71. The first kappa shape index (κ1) is 13.2. The van der Waals surface area contributed by atoms with E-state index in [0.29, 0.717) is 23.5 Å². The van der Waals surface area contributed by atoms with Crippen molar-refractivity contribution < 1.29 is 9.47 Å². The molecular formula is C11H17ClN2O2. The lowest BCUT2D eigenvalue weighted by atomic mass is 10.2. The lowest BCUT2D eigenvalue weighted by Gasteiger charge is -2.13. The molecule has 0 aromatic carbocycles. The van der Waals surface area contributed by atoms with Crippen LogP contribution in [-0.4, -0.2) is 23.2 Å². The zero-order valence-corrected chi connectivity index (χ0v) is 10.6. The van der Waals surface area contributed by atoms with Gasteiger partial charge in [0.15, 0.2) is 5.82 Å². The highest BCUT2D eigenvalue weighted by molar-refractivity contribution is 6.29. The monoisotopic (exact) mass is 244 g/mol. The van der Waals surface area contributed by atoms with Crippen molar-refractivity contribution in [3.05, 3.63) is 17.0 Å². The van der Waals surface area contributed by atoms with E-state index in [-0.39, 0.29) is 6.10 Å². The van der Waals surface area contributed by atoms with Gasteiger partial charge >= 0.3 is 0 Å². The number of halogens is 1. The predicted molar refractivity (Wildman–Crippen MR) is 62.8 cm³/mol. The highest BCUT2D eigenvalue weighted by Gasteiger charge is 2.07. The molecule has 90 valence electrons. The summed E-state index contributed by atoms with van der Waals surface area (Å²) < 4.78 is 10.6. The first-order valence-corrected chi connectivity index (χ1v) is 5.72. The van der Waals surface area contributed by atoms with Crippen molar-refractivity contribution in [3.63, 3.8) is 0 Å². The van der Waals surface area contributed by atoms with Crippen LogP contribution in [0.25, 0.3) is 0 Å². The molecule has 16 heavy (non-hydrogen) atoms. The van der Waals surface area contributed by atoms with E-state index >= 15 is 0 Å². The fraction of sp³-hybridized carbons (Fsp3) is 0.636. The number of rotatable bonds is 6. The lowest BCUT2D eigenvalue weighted by molar-refractivity contribution is 0.171. The summed E-state index contributed by atoms with van der Waals surface area (Å²) in [5.41, 5.74) is 0. The Labute approximate surface area is 101 Å². The minimum atomic E-state index is 0.131. The van der Waals surface area contributed by atoms with Crippen LogP contribution in [0.5, 0.6) is 5.88 Å². The molecule has 1 unspecified atom stereocenters. The number of nitrogens with zero attached hydrogens (tertiary/aromatic N) is 2. The Morgan fingerprint density at radius 2 is 2.19 bits per heavy atom. The second kappa shape index (κ2) is 6.66. The van der Waals surface area contributed by atoms with Crippen LogP contribution in [0.15, 0.2) is 6.07 Å². The molecule has 0 aliphatic rings. The van der Waals surface area contributed by atoms with Gasteiger partial charge in [0.05, 0.1) is 6.10 Å². The molecule has 0 saturated carbocycles. The van der Waals surface area contributed by atoms with Crippen molar-refractivity contribution in [3.8, 4) is 5.88 Å². The Bertz CT molecular complexity index is 334. The third-order valence-electron chi connectivity index (χ3n) is 2.01. The lowest BCUT2D eigenvalue weighted by Crippen LogP contribution is -2.13. The van der Waals surface area contributed by atoms with Gasteiger partial charge in [0, 0.05) is 13.2 Å². The molecule has 0 fully saturated rings. The average Bonchev–Trinajstić information content (AvgIpc) is 2.17. The number of aromatic nitrogens is 2. The molecule has 0 aliphatic carbocycles. The average molecular weight is 245 g/mol. The van der Waals surface area contributed by atoms with E-state index in [1.54, 1.807) is 13.2 Å². The standard InChI is InChI=1S/C11H17ClN2O2/c1-4-5-8(2)16-11-6-9(12)13-10(14-11)7-15-3/h6,8H,4-5,7H2,1-3H3. The van der Waals surface area contributed by atoms with Crippen LogP contribution >= 0.6 is 11.6 Å². The minimum absolute atomic E-state index is 0.131. The van der Waals surface area contributed by atoms with Crippen molar-refractivity contribution in [1.82, 2.24) is 9.97 Å². The van der Waals surface area contributed by atoms with Gasteiger partial charge in [0.2, 0.25) is 5.88 Å². The zero-order chi connectivity index (χ0) is 12.0. The van der Waals surface area contributed by atoms with Crippen molar-refractivity contribution in [1.29, 1.82) is 0 Å². The maximum absolute atomic E-state index is 5.86. The van der Waals surface area contributed by atoms with Gasteiger partial charge in [-0.15, -0.1) is 0 Å². The fourth-order valence-corrected chi connectivity index (χ4v) is 1.56. The molecule has 5 heteroatoms. The Kier molecular flexibility index (Phi) is 5.49.